The maximum Gasteiger partial charge on any atom is 0.271 e. The summed E-state index contributed by atoms with van der Waals surface area (Å²) in [4.78, 5) is 27.3. The van der Waals surface area contributed by atoms with Crippen molar-refractivity contribution in [3.63, 3.8) is 0 Å². The van der Waals surface area contributed by atoms with Crippen molar-refractivity contribution in [3.05, 3.63) is 61.5 Å². The van der Waals surface area contributed by atoms with Crippen molar-refractivity contribution in [2.24, 2.45) is 4.99 Å². The van der Waals surface area contributed by atoms with Crippen molar-refractivity contribution in [1.29, 1.82) is 0 Å². The van der Waals surface area contributed by atoms with Gasteiger partial charge in [-0.1, -0.05) is 0 Å². The highest BCUT2D eigenvalue weighted by atomic mass is 79.9. The first-order valence-electron chi connectivity index (χ1n) is 8.06. The molecule has 0 aromatic heterocycles. The molecule has 0 radical (unpaired) electrons. The average Bonchev–Trinajstić information content (AvgIpc) is 2.99. The Labute approximate surface area is 172 Å². The fourth-order valence-electron chi connectivity index (χ4n) is 2.34. The molecule has 1 amide bonds. The zero-order valence-electron chi connectivity index (χ0n) is 14.5. The van der Waals surface area contributed by atoms with Crippen molar-refractivity contribution in [2.45, 2.75) is 6.92 Å². The summed E-state index contributed by atoms with van der Waals surface area (Å²) in [5.41, 5.74) is 0.581. The highest BCUT2D eigenvalue weighted by molar-refractivity contribution is 9.10. The van der Waals surface area contributed by atoms with E-state index in [-0.39, 0.29) is 26.4 Å². The number of ether oxygens (including phenoxy) is 1. The van der Waals surface area contributed by atoms with Crippen molar-refractivity contribution in [3.8, 4) is 11.5 Å². The molecule has 28 heavy (non-hydrogen) atoms. The number of amidine groups is 1. The molecule has 144 valence electrons. The number of phenols is 1. The van der Waals surface area contributed by atoms with E-state index in [4.69, 9.17) is 4.74 Å². The first-order chi connectivity index (χ1) is 13.4. The number of aliphatic imine (C=N–C) groups is 1. The third-order valence-electron chi connectivity index (χ3n) is 3.60. The zero-order chi connectivity index (χ0) is 20.3. The van der Waals surface area contributed by atoms with E-state index in [9.17, 15) is 20.0 Å². The second-order valence-electron chi connectivity index (χ2n) is 5.53. The third kappa shape index (κ3) is 4.52. The number of nitro groups is 1. The van der Waals surface area contributed by atoms with Crippen LogP contribution in [-0.2, 0) is 4.79 Å². The number of rotatable bonds is 5. The summed E-state index contributed by atoms with van der Waals surface area (Å²) in [7, 11) is 0. The van der Waals surface area contributed by atoms with Gasteiger partial charge in [-0.15, -0.1) is 0 Å². The molecule has 1 saturated heterocycles. The lowest BCUT2D eigenvalue weighted by Crippen LogP contribution is -2.19. The number of halogens is 1. The minimum Gasteiger partial charge on any atom is -0.506 e. The molecule has 0 bridgehead atoms. The van der Waals surface area contributed by atoms with Crippen LogP contribution < -0.4 is 10.1 Å². The van der Waals surface area contributed by atoms with E-state index in [1.807, 2.05) is 6.92 Å². The number of non-ortho nitro benzene ring substituents is 1. The van der Waals surface area contributed by atoms with Gasteiger partial charge in [0.05, 0.1) is 26.6 Å². The van der Waals surface area contributed by atoms with Crippen LogP contribution in [0.5, 0.6) is 11.5 Å². The minimum absolute atomic E-state index is 0.154. The fraction of sp³-hybridized carbons (Fsp3) is 0.111. The zero-order valence-corrected chi connectivity index (χ0v) is 16.9. The Hall–Kier alpha value is -2.85. The summed E-state index contributed by atoms with van der Waals surface area (Å²) in [5, 5.41) is 24.1. The van der Waals surface area contributed by atoms with Gasteiger partial charge in [0.2, 0.25) is 0 Å². The van der Waals surface area contributed by atoms with Gasteiger partial charge in [-0.2, -0.15) is 0 Å². The Morgan fingerprint density at radius 1 is 1.36 bits per heavy atom. The van der Waals surface area contributed by atoms with E-state index in [1.165, 1.54) is 18.2 Å². The lowest BCUT2D eigenvalue weighted by molar-refractivity contribution is -0.385. The Bertz CT molecular complexity index is 1010. The summed E-state index contributed by atoms with van der Waals surface area (Å²) in [6.07, 6.45) is 1.38. The van der Waals surface area contributed by atoms with Crippen LogP contribution in [0.4, 0.5) is 11.4 Å². The van der Waals surface area contributed by atoms with Gasteiger partial charge in [0.1, 0.15) is 11.5 Å². The van der Waals surface area contributed by atoms with Gasteiger partial charge in [0.25, 0.3) is 11.6 Å². The first kappa shape index (κ1) is 19.9. The molecule has 2 N–H and O–H groups in total. The predicted octanol–water partition coefficient (Wildman–Crippen LogP) is 4.35. The van der Waals surface area contributed by atoms with Gasteiger partial charge in [0.15, 0.2) is 5.17 Å². The van der Waals surface area contributed by atoms with Crippen LogP contribution in [0, 0.1) is 10.1 Å². The van der Waals surface area contributed by atoms with Gasteiger partial charge in [-0.25, -0.2) is 4.99 Å². The number of benzene rings is 2. The van der Waals surface area contributed by atoms with E-state index in [1.54, 1.807) is 24.3 Å². The number of thioether (sulfide) groups is 1. The van der Waals surface area contributed by atoms with Gasteiger partial charge < -0.3 is 15.2 Å². The Morgan fingerprint density at radius 2 is 2.07 bits per heavy atom. The quantitative estimate of drug-likeness (QED) is 0.386. The molecule has 2 aromatic carbocycles. The Kier molecular flexibility index (Phi) is 6.00. The number of amides is 1. The normalized spacial score (nSPS) is 16.4. The average molecular weight is 464 g/mol. The largest absolute Gasteiger partial charge is 0.506 e. The lowest BCUT2D eigenvalue weighted by Gasteiger charge is -2.03. The molecule has 2 aromatic rings. The molecule has 1 aliphatic rings. The van der Waals surface area contributed by atoms with Gasteiger partial charge in [-0.05, 0) is 65.0 Å². The maximum atomic E-state index is 12.2. The van der Waals surface area contributed by atoms with Crippen molar-refractivity contribution in [2.75, 3.05) is 6.61 Å². The van der Waals surface area contributed by atoms with Crippen LogP contribution >= 0.6 is 27.7 Å². The standard InChI is InChI=1S/C18H14BrN3O5S/c1-2-27-13-5-3-11(4-6-13)20-18-21-17(24)15(28-18)8-10-7-12(22(25)26)9-14(19)16(10)23/h3-9,23H,2H2,1H3,(H,20,21,24)/b15-8+. The van der Waals surface area contributed by atoms with Gasteiger partial charge in [-0.3, -0.25) is 14.9 Å². The number of hydrogen-bond acceptors (Lipinski definition) is 7. The summed E-state index contributed by atoms with van der Waals surface area (Å²) in [6, 6.07) is 9.46. The molecule has 0 unspecified atom stereocenters. The fourth-order valence-corrected chi connectivity index (χ4v) is 3.64. The molecule has 0 aliphatic carbocycles. The smallest absolute Gasteiger partial charge is 0.271 e. The number of carbonyl (C=O) groups excluding carboxylic acids is 1. The molecule has 0 saturated carbocycles. The molecular formula is C18H14BrN3O5S. The van der Waals surface area contributed by atoms with Crippen molar-refractivity contribution in [1.82, 2.24) is 5.32 Å². The number of nitrogens with one attached hydrogen (secondary N) is 1. The maximum absolute atomic E-state index is 12.2. The predicted molar refractivity (Wildman–Crippen MR) is 111 cm³/mol. The topological polar surface area (TPSA) is 114 Å². The molecule has 8 nitrogen and oxygen atoms in total. The molecule has 1 heterocycles. The van der Waals surface area contributed by atoms with E-state index in [0.29, 0.717) is 17.5 Å². The number of aromatic hydroxyl groups is 1. The minimum atomic E-state index is -0.577. The summed E-state index contributed by atoms with van der Waals surface area (Å²) < 4.78 is 5.54. The monoisotopic (exact) mass is 463 g/mol. The van der Waals surface area contributed by atoms with Crippen molar-refractivity contribution >= 4 is 56.2 Å². The van der Waals surface area contributed by atoms with Crippen LogP contribution in [0.2, 0.25) is 0 Å². The van der Waals surface area contributed by atoms with Crippen LogP contribution in [0.25, 0.3) is 6.08 Å². The molecule has 1 fully saturated rings. The SMILES string of the molecule is CCOc1ccc(N=C2NC(=O)/C(=C\c3cc([N+](=O)[O-])cc(Br)c3O)S2)cc1. The first-order valence-corrected chi connectivity index (χ1v) is 9.67. The number of hydrogen-bond donors (Lipinski definition) is 2. The lowest BCUT2D eigenvalue weighted by atomic mass is 10.1. The third-order valence-corrected chi connectivity index (χ3v) is 5.12. The summed E-state index contributed by atoms with van der Waals surface area (Å²) in [5.74, 6) is 0.127. The molecule has 0 spiro atoms. The molecule has 10 heteroatoms. The van der Waals surface area contributed by atoms with E-state index >= 15 is 0 Å². The second-order valence-corrected chi connectivity index (χ2v) is 7.42. The van der Waals surface area contributed by atoms with Crippen LogP contribution in [0.1, 0.15) is 12.5 Å². The van der Waals surface area contributed by atoms with Crippen LogP contribution in [0.15, 0.2) is 50.8 Å². The van der Waals surface area contributed by atoms with E-state index in [0.717, 1.165) is 17.5 Å². The number of phenolic OH excluding ortho intramolecular Hbond substituents is 1. The summed E-state index contributed by atoms with van der Waals surface area (Å²) in [6.45, 7) is 2.46. The Balaban J connectivity index is 1.85. The number of nitrogens with zero attached hydrogens (tertiary/aromatic N) is 2. The van der Waals surface area contributed by atoms with Crippen LogP contribution in [0.3, 0.4) is 0 Å². The molecular weight excluding hydrogens is 450 g/mol. The van der Waals surface area contributed by atoms with Crippen LogP contribution in [-0.4, -0.2) is 27.7 Å². The molecule has 0 atom stereocenters. The highest BCUT2D eigenvalue weighted by Crippen LogP contribution is 2.36. The van der Waals surface area contributed by atoms with E-state index < -0.39 is 10.8 Å². The number of nitro benzene ring substituents is 1. The van der Waals surface area contributed by atoms with Gasteiger partial charge in [0, 0.05) is 17.7 Å². The van der Waals surface area contributed by atoms with Gasteiger partial charge >= 0.3 is 0 Å². The summed E-state index contributed by atoms with van der Waals surface area (Å²) >= 11 is 4.15. The second kappa shape index (κ2) is 8.44. The number of carbonyl (C=O) groups is 1. The van der Waals surface area contributed by atoms with Crippen molar-refractivity contribution < 1.29 is 19.6 Å². The molecule has 3 rings (SSSR count). The highest BCUT2D eigenvalue weighted by Gasteiger charge is 2.25. The molecule has 1 aliphatic heterocycles. The Morgan fingerprint density at radius 3 is 2.71 bits per heavy atom. The van der Waals surface area contributed by atoms with E-state index in [2.05, 4.69) is 26.2 Å².